The molecule has 0 unspecified atom stereocenters. The molecule has 0 spiro atoms. The quantitative estimate of drug-likeness (QED) is 0.487. The van der Waals surface area contributed by atoms with Gasteiger partial charge in [-0.15, -0.1) is 0 Å². The molecule has 3 aromatic carbocycles. The molecule has 0 aromatic heterocycles. The Morgan fingerprint density at radius 1 is 0.972 bits per heavy atom. The topological polar surface area (TPSA) is 104 Å². The molecule has 8 nitrogen and oxygen atoms in total. The number of carbonyl (C=O) groups excluding carboxylic acids is 3. The number of fused-ring (bicyclic) bond motifs is 1. The molecule has 1 aliphatic rings. The molecule has 1 heterocycles. The number of amides is 3. The number of nitrogens with one attached hydrogen (secondary N) is 1. The van der Waals surface area contributed by atoms with Crippen molar-refractivity contribution in [2.24, 2.45) is 0 Å². The average molecular weight is 526 g/mol. The van der Waals surface area contributed by atoms with Crippen LogP contribution >= 0.6 is 11.6 Å². The minimum atomic E-state index is -4.21. The van der Waals surface area contributed by atoms with Crippen LogP contribution in [0.25, 0.3) is 0 Å². The zero-order valence-corrected chi connectivity index (χ0v) is 21.0. The fourth-order valence-electron chi connectivity index (χ4n) is 4.13. The van der Waals surface area contributed by atoms with Crippen molar-refractivity contribution < 1.29 is 22.8 Å². The van der Waals surface area contributed by atoms with Crippen molar-refractivity contribution >= 4 is 39.3 Å². The fourth-order valence-corrected chi connectivity index (χ4v) is 5.85. The van der Waals surface area contributed by atoms with E-state index in [0.717, 1.165) is 5.56 Å². The Labute approximate surface area is 214 Å². The number of rotatable bonds is 8. The maximum absolute atomic E-state index is 13.7. The van der Waals surface area contributed by atoms with Crippen LogP contribution < -0.4 is 5.32 Å². The number of hydrogen-bond acceptors (Lipinski definition) is 5. The molecule has 36 heavy (non-hydrogen) atoms. The molecule has 0 bridgehead atoms. The normalized spacial score (nSPS) is 14.7. The summed E-state index contributed by atoms with van der Waals surface area (Å²) in [6.07, 6.45) is 0.178. The maximum atomic E-state index is 13.7. The van der Waals surface area contributed by atoms with Gasteiger partial charge < -0.3 is 10.2 Å². The Bertz CT molecular complexity index is 1410. The molecular formula is C26H24ClN3O5S. The van der Waals surface area contributed by atoms with Gasteiger partial charge in [0.1, 0.15) is 17.5 Å². The number of hydrogen-bond donors (Lipinski definition) is 1. The van der Waals surface area contributed by atoms with Gasteiger partial charge in [-0.1, -0.05) is 72.3 Å². The second kappa shape index (κ2) is 10.5. The van der Waals surface area contributed by atoms with Crippen molar-refractivity contribution in [3.05, 3.63) is 101 Å². The smallest absolute Gasteiger partial charge is 0.269 e. The molecule has 0 radical (unpaired) electrons. The first-order valence-corrected chi connectivity index (χ1v) is 13.0. The lowest BCUT2D eigenvalue weighted by molar-refractivity contribution is -0.140. The van der Waals surface area contributed by atoms with Crippen molar-refractivity contribution in [3.63, 3.8) is 0 Å². The third kappa shape index (κ3) is 4.98. The molecule has 3 aromatic rings. The summed E-state index contributed by atoms with van der Waals surface area (Å²) in [7, 11) is -2.74. The fraction of sp³-hybridized carbons (Fsp3) is 0.192. The zero-order valence-electron chi connectivity index (χ0n) is 19.4. The first kappa shape index (κ1) is 25.4. The lowest BCUT2D eigenvalue weighted by atomic mass is 10.0. The van der Waals surface area contributed by atoms with E-state index in [4.69, 9.17) is 11.6 Å². The Morgan fingerprint density at radius 2 is 1.61 bits per heavy atom. The Balaban J connectivity index is 1.71. The lowest BCUT2D eigenvalue weighted by Gasteiger charge is -2.32. The minimum Gasteiger partial charge on any atom is -0.357 e. The van der Waals surface area contributed by atoms with Gasteiger partial charge in [-0.05, 0) is 29.3 Å². The van der Waals surface area contributed by atoms with Gasteiger partial charge in [-0.2, -0.15) is 0 Å². The van der Waals surface area contributed by atoms with Crippen LogP contribution in [0.15, 0.2) is 83.8 Å². The highest BCUT2D eigenvalue weighted by molar-refractivity contribution is 7.90. The SMILES string of the molecule is CNC(=O)[C@H](Cc1ccccc1)N(Cc1ccccc1Cl)C(=O)CN1C(=O)c2ccccc2S1(=O)=O. The molecule has 0 fully saturated rings. The van der Waals surface area contributed by atoms with Crippen molar-refractivity contribution in [3.8, 4) is 0 Å². The van der Waals surface area contributed by atoms with E-state index >= 15 is 0 Å². The van der Waals surface area contributed by atoms with Gasteiger partial charge >= 0.3 is 0 Å². The summed E-state index contributed by atoms with van der Waals surface area (Å²) in [5, 5.41) is 2.98. The predicted molar refractivity (Wildman–Crippen MR) is 135 cm³/mol. The van der Waals surface area contributed by atoms with Crippen molar-refractivity contribution in [1.29, 1.82) is 0 Å². The molecule has 0 saturated heterocycles. The van der Waals surface area contributed by atoms with Crippen molar-refractivity contribution in [1.82, 2.24) is 14.5 Å². The minimum absolute atomic E-state index is 0.00934. The van der Waals surface area contributed by atoms with Gasteiger partial charge in [0.25, 0.3) is 15.9 Å². The van der Waals surface area contributed by atoms with Crippen LogP contribution in [0, 0.1) is 0 Å². The summed E-state index contributed by atoms with van der Waals surface area (Å²) >= 11 is 6.35. The number of carbonyl (C=O) groups is 3. The molecule has 0 aliphatic carbocycles. The van der Waals surface area contributed by atoms with Gasteiger partial charge in [-0.3, -0.25) is 14.4 Å². The summed E-state index contributed by atoms with van der Waals surface area (Å²) < 4.78 is 26.7. The van der Waals surface area contributed by atoms with Crippen LogP contribution in [-0.2, 0) is 32.6 Å². The highest BCUT2D eigenvalue weighted by atomic mass is 35.5. The zero-order chi connectivity index (χ0) is 25.9. The van der Waals surface area contributed by atoms with Gasteiger partial charge in [0.15, 0.2) is 0 Å². The number of nitrogens with zero attached hydrogens (tertiary/aromatic N) is 2. The van der Waals surface area contributed by atoms with Crippen LogP contribution in [-0.4, -0.2) is 55.0 Å². The van der Waals surface area contributed by atoms with E-state index in [9.17, 15) is 22.8 Å². The van der Waals surface area contributed by atoms with E-state index in [0.29, 0.717) is 14.9 Å². The van der Waals surface area contributed by atoms with Gasteiger partial charge in [0, 0.05) is 25.0 Å². The van der Waals surface area contributed by atoms with Crippen molar-refractivity contribution in [2.45, 2.75) is 23.9 Å². The molecule has 1 N–H and O–H groups in total. The van der Waals surface area contributed by atoms with Gasteiger partial charge in [0.05, 0.1) is 5.56 Å². The average Bonchev–Trinajstić information content (AvgIpc) is 3.08. The molecule has 4 rings (SSSR count). The maximum Gasteiger partial charge on any atom is 0.269 e. The van der Waals surface area contributed by atoms with Gasteiger partial charge in [-0.25, -0.2) is 12.7 Å². The first-order chi connectivity index (χ1) is 17.2. The summed E-state index contributed by atoms with van der Waals surface area (Å²) in [5.74, 6) is -1.92. The highest BCUT2D eigenvalue weighted by Gasteiger charge is 2.43. The Kier molecular flexibility index (Phi) is 7.42. The summed E-state index contributed by atoms with van der Waals surface area (Å²) in [5.41, 5.74) is 1.39. The molecular weight excluding hydrogens is 502 g/mol. The monoisotopic (exact) mass is 525 g/mol. The van der Waals surface area contributed by atoms with Crippen molar-refractivity contribution in [2.75, 3.05) is 13.6 Å². The second-order valence-electron chi connectivity index (χ2n) is 8.25. The van der Waals surface area contributed by atoms with Crippen LogP contribution in [0.1, 0.15) is 21.5 Å². The predicted octanol–water partition coefficient (Wildman–Crippen LogP) is 2.87. The molecule has 1 aliphatic heterocycles. The molecule has 10 heteroatoms. The van der Waals surface area contributed by atoms with E-state index in [-0.39, 0.29) is 23.4 Å². The number of halogens is 1. The summed E-state index contributed by atoms with van der Waals surface area (Å²) in [6, 6.07) is 20.9. The Hall–Kier alpha value is -3.69. The van der Waals surface area contributed by atoms with Crippen LogP contribution in [0.3, 0.4) is 0 Å². The first-order valence-electron chi connectivity index (χ1n) is 11.2. The van der Waals surface area contributed by atoms with Crippen LogP contribution in [0.2, 0.25) is 5.02 Å². The molecule has 0 saturated carbocycles. The third-order valence-electron chi connectivity index (χ3n) is 6.01. The lowest BCUT2D eigenvalue weighted by Crippen LogP contribution is -2.52. The molecule has 1 atom stereocenters. The van der Waals surface area contributed by atoms with E-state index < -0.39 is 40.3 Å². The largest absolute Gasteiger partial charge is 0.357 e. The molecule has 3 amide bonds. The van der Waals surface area contributed by atoms with E-state index in [1.165, 1.54) is 30.1 Å². The van der Waals surface area contributed by atoms with E-state index in [1.807, 2.05) is 30.3 Å². The summed E-state index contributed by atoms with van der Waals surface area (Å²) in [6.45, 7) is -0.805. The third-order valence-corrected chi connectivity index (χ3v) is 8.16. The van der Waals surface area contributed by atoms with E-state index in [1.54, 1.807) is 30.3 Å². The van der Waals surface area contributed by atoms with Crippen LogP contribution in [0.5, 0.6) is 0 Å². The summed E-state index contributed by atoms with van der Waals surface area (Å²) in [4.78, 5) is 40.7. The van der Waals surface area contributed by atoms with E-state index in [2.05, 4.69) is 5.32 Å². The highest BCUT2D eigenvalue weighted by Crippen LogP contribution is 2.30. The second-order valence-corrected chi connectivity index (χ2v) is 10.5. The van der Waals surface area contributed by atoms with Crippen LogP contribution in [0.4, 0.5) is 0 Å². The standard InChI is InChI=1S/C26H24ClN3O5S/c1-28-25(32)22(15-18-9-3-2-4-10-18)29(16-19-11-5-7-13-21(19)27)24(31)17-30-26(33)20-12-6-8-14-23(20)36(30,34)35/h2-14,22H,15-17H2,1H3,(H,28,32)/t22-/m0/s1. The Morgan fingerprint density at radius 3 is 2.28 bits per heavy atom. The number of likely N-dealkylation sites (N-methyl/N-ethyl adjacent to an activating group) is 1. The number of benzene rings is 3. The number of sulfonamides is 1. The molecule has 186 valence electrons. The van der Waals surface area contributed by atoms with Gasteiger partial charge in [0.2, 0.25) is 11.8 Å².